The Morgan fingerprint density at radius 1 is 1.30 bits per heavy atom. The first-order chi connectivity index (χ1) is 9.74. The summed E-state index contributed by atoms with van der Waals surface area (Å²) in [6, 6.07) is 0.695. The predicted octanol–water partition coefficient (Wildman–Crippen LogP) is 4.05. The molecule has 2 rings (SSSR count). The summed E-state index contributed by atoms with van der Waals surface area (Å²) in [5, 5.41) is 4.64. The molecule has 1 saturated carbocycles. The van der Waals surface area contributed by atoms with E-state index in [0.717, 1.165) is 19.0 Å². The zero-order valence-electron chi connectivity index (χ0n) is 13.2. The van der Waals surface area contributed by atoms with E-state index < -0.39 is 0 Å². The lowest BCUT2D eigenvalue weighted by atomic mass is 9.84. The molecule has 0 unspecified atom stereocenters. The largest absolute Gasteiger partial charge is 0.348 e. The van der Waals surface area contributed by atoms with E-state index in [2.05, 4.69) is 36.1 Å². The lowest BCUT2D eigenvalue weighted by molar-refractivity contribution is 0.313. The SMILES string of the molecule is CCCNCc1cnc(N(C)C2CCC(CC)CC2)s1. The van der Waals surface area contributed by atoms with Crippen LogP contribution in [-0.2, 0) is 6.54 Å². The van der Waals surface area contributed by atoms with Gasteiger partial charge in [0.05, 0.1) is 0 Å². The van der Waals surface area contributed by atoms with Crippen molar-refractivity contribution < 1.29 is 0 Å². The molecule has 1 aliphatic rings. The van der Waals surface area contributed by atoms with Crippen LogP contribution in [0.25, 0.3) is 0 Å². The molecule has 3 nitrogen and oxygen atoms in total. The first-order valence-corrected chi connectivity index (χ1v) is 8.94. The van der Waals surface area contributed by atoms with Gasteiger partial charge in [0.2, 0.25) is 0 Å². The molecule has 1 fully saturated rings. The molecule has 1 aromatic rings. The van der Waals surface area contributed by atoms with E-state index in [1.54, 1.807) is 0 Å². The van der Waals surface area contributed by atoms with Crippen molar-refractivity contribution >= 4 is 16.5 Å². The third kappa shape index (κ3) is 4.19. The van der Waals surface area contributed by atoms with E-state index >= 15 is 0 Å². The quantitative estimate of drug-likeness (QED) is 0.769. The number of nitrogens with zero attached hydrogens (tertiary/aromatic N) is 2. The molecule has 0 aromatic carbocycles. The molecular weight excluding hydrogens is 266 g/mol. The van der Waals surface area contributed by atoms with Crippen molar-refractivity contribution in [2.45, 2.75) is 65.0 Å². The summed E-state index contributed by atoms with van der Waals surface area (Å²) < 4.78 is 0. The smallest absolute Gasteiger partial charge is 0.185 e. The van der Waals surface area contributed by atoms with Gasteiger partial charge >= 0.3 is 0 Å². The minimum absolute atomic E-state index is 0.695. The van der Waals surface area contributed by atoms with Gasteiger partial charge in [-0.15, -0.1) is 11.3 Å². The summed E-state index contributed by atoms with van der Waals surface area (Å²) in [6.45, 7) is 6.57. The van der Waals surface area contributed by atoms with Crippen molar-refractivity contribution in [1.82, 2.24) is 10.3 Å². The maximum Gasteiger partial charge on any atom is 0.185 e. The van der Waals surface area contributed by atoms with Gasteiger partial charge in [0.15, 0.2) is 5.13 Å². The molecule has 1 N–H and O–H groups in total. The van der Waals surface area contributed by atoms with Gasteiger partial charge in [0.25, 0.3) is 0 Å². The fourth-order valence-corrected chi connectivity index (χ4v) is 3.94. The highest BCUT2D eigenvalue weighted by atomic mass is 32.1. The number of thiazole rings is 1. The summed E-state index contributed by atoms with van der Waals surface area (Å²) in [4.78, 5) is 8.38. The van der Waals surface area contributed by atoms with Gasteiger partial charge in [0.1, 0.15) is 0 Å². The van der Waals surface area contributed by atoms with E-state index in [9.17, 15) is 0 Å². The number of rotatable bonds is 7. The van der Waals surface area contributed by atoms with Crippen molar-refractivity contribution in [2.75, 3.05) is 18.5 Å². The third-order valence-electron chi connectivity index (χ3n) is 4.51. The van der Waals surface area contributed by atoms with Crippen molar-refractivity contribution in [3.05, 3.63) is 11.1 Å². The normalized spacial score (nSPS) is 22.9. The Bertz CT molecular complexity index is 383. The molecule has 4 heteroatoms. The van der Waals surface area contributed by atoms with Crippen LogP contribution in [0.15, 0.2) is 6.20 Å². The first kappa shape index (κ1) is 15.8. The summed E-state index contributed by atoms with van der Waals surface area (Å²) in [6.07, 6.45) is 10.0. The fraction of sp³-hybridized carbons (Fsp3) is 0.812. The Labute approximate surface area is 127 Å². The standard InChI is InChI=1S/C16H29N3S/c1-4-10-17-11-15-12-18-16(20-15)19(3)14-8-6-13(5-2)7-9-14/h12-14,17H,4-11H2,1-3H3. The Morgan fingerprint density at radius 2 is 2.05 bits per heavy atom. The van der Waals surface area contributed by atoms with E-state index in [1.807, 2.05) is 17.5 Å². The molecular formula is C16H29N3S. The van der Waals surface area contributed by atoms with Crippen LogP contribution in [0, 0.1) is 5.92 Å². The lowest BCUT2D eigenvalue weighted by Crippen LogP contribution is -2.35. The number of aromatic nitrogens is 1. The molecule has 0 radical (unpaired) electrons. The van der Waals surface area contributed by atoms with E-state index in [-0.39, 0.29) is 0 Å². The van der Waals surface area contributed by atoms with Crippen molar-refractivity contribution in [1.29, 1.82) is 0 Å². The van der Waals surface area contributed by atoms with Crippen LogP contribution >= 0.6 is 11.3 Å². The van der Waals surface area contributed by atoms with Gasteiger partial charge in [-0.25, -0.2) is 4.98 Å². The summed E-state index contributed by atoms with van der Waals surface area (Å²) >= 11 is 1.84. The van der Waals surface area contributed by atoms with Crippen LogP contribution < -0.4 is 10.2 Å². The fourth-order valence-electron chi connectivity index (χ4n) is 3.03. The van der Waals surface area contributed by atoms with Crippen molar-refractivity contribution in [3.8, 4) is 0 Å². The van der Waals surface area contributed by atoms with Gasteiger partial charge in [-0.2, -0.15) is 0 Å². The molecule has 0 spiro atoms. The number of hydrogen-bond donors (Lipinski definition) is 1. The molecule has 1 aromatic heterocycles. The molecule has 20 heavy (non-hydrogen) atoms. The Balaban J connectivity index is 1.84. The van der Waals surface area contributed by atoms with Gasteiger partial charge in [-0.1, -0.05) is 20.3 Å². The van der Waals surface area contributed by atoms with Gasteiger partial charge < -0.3 is 10.2 Å². The number of anilines is 1. The van der Waals surface area contributed by atoms with Crippen LogP contribution in [0.4, 0.5) is 5.13 Å². The molecule has 114 valence electrons. The highest BCUT2D eigenvalue weighted by molar-refractivity contribution is 7.15. The molecule has 1 aliphatic carbocycles. The number of nitrogens with one attached hydrogen (secondary N) is 1. The minimum Gasteiger partial charge on any atom is -0.348 e. The summed E-state index contributed by atoms with van der Waals surface area (Å²) in [5.41, 5.74) is 0. The molecule has 0 saturated heterocycles. The lowest BCUT2D eigenvalue weighted by Gasteiger charge is -2.34. The second-order valence-electron chi connectivity index (χ2n) is 5.98. The average molecular weight is 295 g/mol. The molecule has 0 bridgehead atoms. The Hall–Kier alpha value is -0.610. The van der Waals surface area contributed by atoms with Crippen LogP contribution in [0.3, 0.4) is 0 Å². The van der Waals surface area contributed by atoms with Gasteiger partial charge in [-0.3, -0.25) is 0 Å². The monoisotopic (exact) mass is 295 g/mol. The second-order valence-corrected chi connectivity index (χ2v) is 7.07. The molecule has 0 aliphatic heterocycles. The zero-order chi connectivity index (χ0) is 14.4. The molecule has 1 heterocycles. The average Bonchev–Trinajstić information content (AvgIpc) is 2.96. The highest BCUT2D eigenvalue weighted by Crippen LogP contribution is 2.32. The second kappa shape index (κ2) is 7.99. The van der Waals surface area contributed by atoms with Crippen LogP contribution in [0.2, 0.25) is 0 Å². The van der Waals surface area contributed by atoms with Crippen LogP contribution in [0.1, 0.15) is 57.2 Å². The third-order valence-corrected chi connectivity index (χ3v) is 5.60. The van der Waals surface area contributed by atoms with E-state index in [4.69, 9.17) is 0 Å². The van der Waals surface area contributed by atoms with E-state index in [1.165, 1.54) is 48.5 Å². The van der Waals surface area contributed by atoms with Crippen molar-refractivity contribution in [3.63, 3.8) is 0 Å². The maximum atomic E-state index is 4.61. The zero-order valence-corrected chi connectivity index (χ0v) is 14.0. The van der Waals surface area contributed by atoms with E-state index in [0.29, 0.717) is 6.04 Å². The van der Waals surface area contributed by atoms with Crippen molar-refractivity contribution in [2.24, 2.45) is 5.92 Å². The van der Waals surface area contributed by atoms with Gasteiger partial charge in [-0.05, 0) is 44.6 Å². The minimum atomic E-state index is 0.695. The Kier molecular flexibility index (Phi) is 6.30. The first-order valence-electron chi connectivity index (χ1n) is 8.12. The molecule has 0 atom stereocenters. The summed E-state index contributed by atoms with van der Waals surface area (Å²) in [5.74, 6) is 0.963. The predicted molar refractivity (Wildman–Crippen MR) is 88.6 cm³/mol. The summed E-state index contributed by atoms with van der Waals surface area (Å²) in [7, 11) is 2.22. The van der Waals surface area contributed by atoms with Crippen LogP contribution in [-0.4, -0.2) is 24.6 Å². The topological polar surface area (TPSA) is 28.2 Å². The molecule has 0 amide bonds. The van der Waals surface area contributed by atoms with Gasteiger partial charge in [0, 0.05) is 30.7 Å². The Morgan fingerprint density at radius 3 is 2.70 bits per heavy atom. The van der Waals surface area contributed by atoms with Crippen LogP contribution in [0.5, 0.6) is 0 Å². The highest BCUT2D eigenvalue weighted by Gasteiger charge is 2.24. The maximum absolute atomic E-state index is 4.61. The number of hydrogen-bond acceptors (Lipinski definition) is 4.